The van der Waals surface area contributed by atoms with Crippen LogP contribution in [0.2, 0.25) is 0 Å². The van der Waals surface area contributed by atoms with Gasteiger partial charge in [-0.25, -0.2) is 4.39 Å². The van der Waals surface area contributed by atoms with Gasteiger partial charge >= 0.3 is 0 Å². The maximum atomic E-state index is 13.3. The predicted molar refractivity (Wildman–Crippen MR) is 73.8 cm³/mol. The summed E-state index contributed by atoms with van der Waals surface area (Å²) in [5.41, 5.74) is 6.40. The van der Waals surface area contributed by atoms with Crippen molar-refractivity contribution in [1.29, 1.82) is 0 Å². The van der Waals surface area contributed by atoms with E-state index < -0.39 is 0 Å². The van der Waals surface area contributed by atoms with Crippen LogP contribution in [0.3, 0.4) is 0 Å². The first-order chi connectivity index (χ1) is 8.77. The molecule has 0 fully saturated rings. The van der Waals surface area contributed by atoms with Crippen LogP contribution in [0.5, 0.6) is 0 Å². The molecule has 19 heavy (non-hydrogen) atoms. The minimum absolute atomic E-state index is 0.188. The Bertz CT molecular complexity index is 572. The van der Waals surface area contributed by atoms with Crippen LogP contribution >= 0.6 is 15.9 Å². The van der Waals surface area contributed by atoms with Crippen LogP contribution in [0.1, 0.15) is 32.7 Å². The smallest absolute Gasteiger partial charge is 0.244 e. The average molecular weight is 328 g/mol. The summed E-state index contributed by atoms with van der Waals surface area (Å²) in [4.78, 5) is 4.24. The highest BCUT2D eigenvalue weighted by Crippen LogP contribution is 2.31. The topological polar surface area (TPSA) is 64.9 Å². The lowest BCUT2D eigenvalue weighted by Crippen LogP contribution is -2.26. The van der Waals surface area contributed by atoms with Gasteiger partial charge in [-0.3, -0.25) is 0 Å². The molecule has 0 radical (unpaired) electrons. The third-order valence-corrected chi connectivity index (χ3v) is 3.22. The highest BCUT2D eigenvalue weighted by atomic mass is 79.9. The van der Waals surface area contributed by atoms with Gasteiger partial charge in [-0.15, -0.1) is 0 Å². The zero-order valence-corrected chi connectivity index (χ0v) is 12.5. The normalized spacial score (nSPS) is 13.6. The Morgan fingerprint density at radius 1 is 1.32 bits per heavy atom. The van der Waals surface area contributed by atoms with E-state index in [2.05, 4.69) is 26.1 Å². The molecule has 1 heterocycles. The third kappa shape index (κ3) is 3.19. The lowest BCUT2D eigenvalue weighted by Gasteiger charge is -2.23. The summed E-state index contributed by atoms with van der Waals surface area (Å²) >= 11 is 3.23. The maximum absolute atomic E-state index is 13.3. The van der Waals surface area contributed by atoms with Crippen LogP contribution in [0.25, 0.3) is 11.4 Å². The van der Waals surface area contributed by atoms with E-state index >= 15 is 0 Å². The molecular weight excluding hydrogens is 313 g/mol. The molecule has 0 aliphatic heterocycles. The molecule has 0 saturated heterocycles. The molecule has 4 nitrogen and oxygen atoms in total. The number of halogens is 2. The van der Waals surface area contributed by atoms with Gasteiger partial charge in [0.1, 0.15) is 5.82 Å². The molecule has 6 heteroatoms. The SMILES string of the molecule is CC(C)(C)[C@H](N)c1nc(-c2cc(F)cc(Br)c2)no1. The average Bonchev–Trinajstić information content (AvgIpc) is 2.74. The number of aromatic nitrogens is 2. The Balaban J connectivity index is 2.36. The van der Waals surface area contributed by atoms with Crippen molar-refractivity contribution >= 4 is 15.9 Å². The zero-order valence-electron chi connectivity index (χ0n) is 10.9. The molecule has 0 unspecified atom stereocenters. The molecule has 0 bridgehead atoms. The first kappa shape index (κ1) is 14.1. The van der Waals surface area contributed by atoms with Crippen molar-refractivity contribution in [1.82, 2.24) is 10.1 Å². The molecule has 2 rings (SSSR count). The second-order valence-corrected chi connectivity index (χ2v) is 6.37. The van der Waals surface area contributed by atoms with E-state index in [-0.39, 0.29) is 17.3 Å². The largest absolute Gasteiger partial charge is 0.337 e. The Labute approximate surface area is 119 Å². The van der Waals surface area contributed by atoms with Gasteiger partial charge in [0.25, 0.3) is 0 Å². The highest BCUT2D eigenvalue weighted by molar-refractivity contribution is 9.10. The number of nitrogens with zero attached hydrogens (tertiary/aromatic N) is 2. The van der Waals surface area contributed by atoms with Crippen molar-refractivity contribution in [3.8, 4) is 11.4 Å². The Hall–Kier alpha value is -1.27. The molecule has 1 aromatic carbocycles. The number of hydrogen-bond acceptors (Lipinski definition) is 4. The lowest BCUT2D eigenvalue weighted by molar-refractivity contribution is 0.253. The van der Waals surface area contributed by atoms with Crippen LogP contribution in [0, 0.1) is 11.2 Å². The summed E-state index contributed by atoms with van der Waals surface area (Å²) in [6, 6.07) is 4.07. The quantitative estimate of drug-likeness (QED) is 0.913. The summed E-state index contributed by atoms with van der Waals surface area (Å²) < 4.78 is 19.1. The molecule has 0 spiro atoms. The maximum Gasteiger partial charge on any atom is 0.244 e. The number of hydrogen-bond donors (Lipinski definition) is 1. The van der Waals surface area contributed by atoms with Crippen molar-refractivity contribution in [2.45, 2.75) is 26.8 Å². The first-order valence-corrected chi connectivity index (χ1v) is 6.62. The van der Waals surface area contributed by atoms with Gasteiger partial charge in [-0.1, -0.05) is 41.9 Å². The summed E-state index contributed by atoms with van der Waals surface area (Å²) in [5, 5.41) is 3.85. The monoisotopic (exact) mass is 327 g/mol. The van der Waals surface area contributed by atoms with Crippen molar-refractivity contribution < 1.29 is 8.91 Å². The van der Waals surface area contributed by atoms with Gasteiger partial charge in [0.05, 0.1) is 6.04 Å². The standard InChI is InChI=1S/C13H15BrFN3O/c1-13(2,3)10(16)12-17-11(18-19-12)7-4-8(14)6-9(15)5-7/h4-6,10H,16H2,1-3H3/t10-/m1/s1. The van der Waals surface area contributed by atoms with Gasteiger partial charge in [-0.05, 0) is 23.6 Å². The molecule has 2 aromatic rings. The molecule has 0 saturated carbocycles. The first-order valence-electron chi connectivity index (χ1n) is 5.83. The van der Waals surface area contributed by atoms with Crippen molar-refractivity contribution in [2.24, 2.45) is 11.1 Å². The van der Waals surface area contributed by atoms with E-state index in [0.717, 1.165) is 0 Å². The van der Waals surface area contributed by atoms with E-state index in [1.165, 1.54) is 12.1 Å². The van der Waals surface area contributed by atoms with Gasteiger partial charge in [0, 0.05) is 10.0 Å². The van der Waals surface area contributed by atoms with Crippen LogP contribution in [0.4, 0.5) is 4.39 Å². The Kier molecular flexibility index (Phi) is 3.73. The fourth-order valence-electron chi connectivity index (χ4n) is 1.53. The van der Waals surface area contributed by atoms with Crippen LogP contribution in [0.15, 0.2) is 27.2 Å². The number of nitrogens with two attached hydrogens (primary N) is 1. The summed E-state index contributed by atoms with van der Waals surface area (Å²) in [6.45, 7) is 5.96. The van der Waals surface area contributed by atoms with Gasteiger partial charge < -0.3 is 10.3 Å². The van der Waals surface area contributed by atoms with E-state index in [9.17, 15) is 4.39 Å². The van der Waals surface area contributed by atoms with Crippen LogP contribution < -0.4 is 5.73 Å². The Morgan fingerprint density at radius 2 is 2.00 bits per heavy atom. The minimum atomic E-state index is -0.370. The predicted octanol–water partition coefficient (Wildman–Crippen LogP) is 3.68. The van der Waals surface area contributed by atoms with Crippen molar-refractivity contribution in [3.05, 3.63) is 34.4 Å². The fraction of sp³-hybridized carbons (Fsp3) is 0.385. The van der Waals surface area contributed by atoms with E-state index in [0.29, 0.717) is 21.8 Å². The molecule has 1 atom stereocenters. The van der Waals surface area contributed by atoms with E-state index in [1.54, 1.807) is 6.07 Å². The molecule has 0 amide bonds. The number of rotatable bonds is 2. The van der Waals surface area contributed by atoms with Gasteiger partial charge in [0.15, 0.2) is 0 Å². The van der Waals surface area contributed by atoms with E-state index in [4.69, 9.17) is 10.3 Å². The molecule has 0 aliphatic carbocycles. The van der Waals surface area contributed by atoms with Crippen molar-refractivity contribution in [3.63, 3.8) is 0 Å². The van der Waals surface area contributed by atoms with Crippen molar-refractivity contribution in [2.75, 3.05) is 0 Å². The molecule has 1 aromatic heterocycles. The van der Waals surface area contributed by atoms with Crippen LogP contribution in [-0.4, -0.2) is 10.1 Å². The summed E-state index contributed by atoms with van der Waals surface area (Å²) in [7, 11) is 0. The minimum Gasteiger partial charge on any atom is -0.337 e. The van der Waals surface area contributed by atoms with Crippen LogP contribution in [-0.2, 0) is 0 Å². The summed E-state index contributed by atoms with van der Waals surface area (Å²) in [6.07, 6.45) is 0. The summed E-state index contributed by atoms with van der Waals surface area (Å²) in [5.74, 6) is 0.314. The van der Waals surface area contributed by atoms with E-state index in [1.807, 2.05) is 20.8 Å². The second-order valence-electron chi connectivity index (χ2n) is 5.46. The number of benzene rings is 1. The third-order valence-electron chi connectivity index (χ3n) is 2.76. The van der Waals surface area contributed by atoms with Gasteiger partial charge in [-0.2, -0.15) is 4.98 Å². The molecule has 0 aliphatic rings. The highest BCUT2D eigenvalue weighted by Gasteiger charge is 2.27. The molecule has 102 valence electrons. The second kappa shape index (κ2) is 5.02. The lowest BCUT2D eigenvalue weighted by atomic mass is 9.87. The molecular formula is C13H15BrFN3O. The zero-order chi connectivity index (χ0) is 14.2. The fourth-order valence-corrected chi connectivity index (χ4v) is 2.00. The molecule has 2 N–H and O–H groups in total. The van der Waals surface area contributed by atoms with Gasteiger partial charge in [0.2, 0.25) is 11.7 Å². The Morgan fingerprint density at radius 3 is 2.58 bits per heavy atom.